The molecule has 1 atom stereocenters. The predicted octanol–water partition coefficient (Wildman–Crippen LogP) is 2.26. The number of methoxy groups -OCH3 is 1. The Morgan fingerprint density at radius 2 is 2.11 bits per heavy atom. The lowest BCUT2D eigenvalue weighted by Crippen LogP contribution is -2.13. The number of aliphatic hydroxyl groups excluding tert-OH is 1. The Hall–Kier alpha value is -1.88. The van der Waals surface area contributed by atoms with Crippen LogP contribution in [-0.2, 0) is 0 Å². The van der Waals surface area contributed by atoms with E-state index < -0.39 is 6.10 Å². The monoisotopic (exact) mass is 261 g/mol. The maximum atomic E-state index is 10.6. The molecule has 0 aliphatic rings. The second kappa shape index (κ2) is 5.40. The van der Waals surface area contributed by atoms with Crippen molar-refractivity contribution in [3.63, 3.8) is 0 Å². The van der Waals surface area contributed by atoms with Crippen molar-refractivity contribution in [1.82, 2.24) is 14.8 Å². The molecule has 0 radical (unpaired) electrons. The molecule has 0 saturated heterocycles. The molecule has 0 spiro atoms. The highest BCUT2D eigenvalue weighted by molar-refractivity contribution is 5.35. The minimum atomic E-state index is -0.776. The second-order valence-electron chi connectivity index (χ2n) is 4.77. The summed E-state index contributed by atoms with van der Waals surface area (Å²) in [5, 5.41) is 14.8. The Morgan fingerprint density at radius 3 is 2.68 bits per heavy atom. The van der Waals surface area contributed by atoms with Gasteiger partial charge in [0, 0.05) is 17.9 Å². The fraction of sp³-hybridized carbons (Fsp3) is 0.429. The number of pyridine rings is 1. The number of hydrogen-bond donors (Lipinski definition) is 1. The SMILES string of the molecule is COc1cnn(C(C)C)c1C(O)c1ccnc(C)c1. The second-order valence-corrected chi connectivity index (χ2v) is 4.77. The van der Waals surface area contributed by atoms with Crippen molar-refractivity contribution >= 4 is 0 Å². The highest BCUT2D eigenvalue weighted by atomic mass is 16.5. The normalized spacial score (nSPS) is 12.7. The lowest BCUT2D eigenvalue weighted by molar-refractivity contribution is 0.199. The summed E-state index contributed by atoms with van der Waals surface area (Å²) >= 11 is 0. The van der Waals surface area contributed by atoms with Crippen LogP contribution in [-0.4, -0.2) is 27.0 Å². The summed E-state index contributed by atoms with van der Waals surface area (Å²) in [5.74, 6) is 0.593. The number of aromatic nitrogens is 3. The van der Waals surface area contributed by atoms with E-state index in [2.05, 4.69) is 10.1 Å². The molecule has 0 amide bonds. The summed E-state index contributed by atoms with van der Waals surface area (Å²) in [6, 6.07) is 3.81. The van der Waals surface area contributed by atoms with E-state index in [1.54, 1.807) is 30.3 Å². The van der Waals surface area contributed by atoms with Gasteiger partial charge in [0.15, 0.2) is 5.75 Å². The van der Waals surface area contributed by atoms with Gasteiger partial charge >= 0.3 is 0 Å². The Morgan fingerprint density at radius 1 is 1.37 bits per heavy atom. The van der Waals surface area contributed by atoms with Crippen molar-refractivity contribution in [1.29, 1.82) is 0 Å². The molecule has 5 heteroatoms. The molecule has 2 aromatic rings. The molecular formula is C14H19N3O2. The first kappa shape index (κ1) is 13.5. The molecule has 1 N–H and O–H groups in total. The van der Waals surface area contributed by atoms with Crippen molar-refractivity contribution in [2.45, 2.75) is 32.9 Å². The van der Waals surface area contributed by atoms with Gasteiger partial charge in [0.2, 0.25) is 0 Å². The number of ether oxygens (including phenoxy) is 1. The summed E-state index contributed by atoms with van der Waals surface area (Å²) in [5.41, 5.74) is 2.32. The van der Waals surface area contributed by atoms with Gasteiger partial charge in [-0.2, -0.15) is 5.10 Å². The van der Waals surface area contributed by atoms with Crippen LogP contribution in [0.3, 0.4) is 0 Å². The van der Waals surface area contributed by atoms with Crippen molar-refractivity contribution in [3.8, 4) is 5.75 Å². The predicted molar refractivity (Wildman–Crippen MR) is 72.2 cm³/mol. The van der Waals surface area contributed by atoms with E-state index in [1.165, 1.54) is 0 Å². The van der Waals surface area contributed by atoms with E-state index in [-0.39, 0.29) is 6.04 Å². The Labute approximate surface area is 112 Å². The van der Waals surface area contributed by atoms with Crippen LogP contribution in [0.4, 0.5) is 0 Å². The van der Waals surface area contributed by atoms with Gasteiger partial charge in [0.05, 0.1) is 13.3 Å². The zero-order valence-electron chi connectivity index (χ0n) is 11.7. The molecule has 102 valence electrons. The van der Waals surface area contributed by atoms with Crippen molar-refractivity contribution in [2.24, 2.45) is 0 Å². The van der Waals surface area contributed by atoms with Gasteiger partial charge < -0.3 is 9.84 Å². The molecule has 2 heterocycles. The third-order valence-corrected chi connectivity index (χ3v) is 3.00. The highest BCUT2D eigenvalue weighted by Crippen LogP contribution is 2.31. The average Bonchev–Trinajstić information content (AvgIpc) is 2.81. The lowest BCUT2D eigenvalue weighted by Gasteiger charge is -2.17. The third kappa shape index (κ3) is 2.61. The fourth-order valence-electron chi connectivity index (χ4n) is 2.08. The topological polar surface area (TPSA) is 60.2 Å². The zero-order valence-corrected chi connectivity index (χ0v) is 11.7. The summed E-state index contributed by atoms with van der Waals surface area (Å²) in [4.78, 5) is 4.14. The van der Waals surface area contributed by atoms with E-state index in [0.29, 0.717) is 11.4 Å². The number of hydrogen-bond acceptors (Lipinski definition) is 4. The van der Waals surface area contributed by atoms with Crippen LogP contribution in [0.2, 0.25) is 0 Å². The van der Waals surface area contributed by atoms with E-state index in [0.717, 1.165) is 11.3 Å². The Balaban J connectivity index is 2.48. The van der Waals surface area contributed by atoms with Crippen LogP contribution < -0.4 is 4.74 Å². The molecule has 0 aliphatic carbocycles. The number of aliphatic hydroxyl groups is 1. The molecule has 2 rings (SSSR count). The first-order chi connectivity index (χ1) is 9.04. The van der Waals surface area contributed by atoms with Crippen LogP contribution >= 0.6 is 0 Å². The Bertz CT molecular complexity index is 564. The molecule has 19 heavy (non-hydrogen) atoms. The highest BCUT2D eigenvalue weighted by Gasteiger charge is 2.23. The van der Waals surface area contributed by atoms with Crippen LogP contribution in [0.25, 0.3) is 0 Å². The molecule has 2 aromatic heterocycles. The van der Waals surface area contributed by atoms with E-state index in [4.69, 9.17) is 4.74 Å². The van der Waals surface area contributed by atoms with Crippen LogP contribution in [0.15, 0.2) is 24.5 Å². The van der Waals surface area contributed by atoms with Crippen LogP contribution in [0, 0.1) is 6.92 Å². The van der Waals surface area contributed by atoms with Gasteiger partial charge in [-0.05, 0) is 38.5 Å². The third-order valence-electron chi connectivity index (χ3n) is 3.00. The quantitative estimate of drug-likeness (QED) is 0.917. The van der Waals surface area contributed by atoms with Crippen LogP contribution in [0.5, 0.6) is 5.75 Å². The molecule has 0 aliphatic heterocycles. The van der Waals surface area contributed by atoms with Crippen molar-refractivity contribution < 1.29 is 9.84 Å². The molecule has 0 bridgehead atoms. The molecular weight excluding hydrogens is 242 g/mol. The number of rotatable bonds is 4. The van der Waals surface area contributed by atoms with Gasteiger partial charge in [-0.25, -0.2) is 0 Å². The first-order valence-electron chi connectivity index (χ1n) is 6.26. The molecule has 0 fully saturated rings. The largest absolute Gasteiger partial charge is 0.493 e. The maximum Gasteiger partial charge on any atom is 0.163 e. The molecule has 0 aromatic carbocycles. The standard InChI is InChI=1S/C14H19N3O2/c1-9(2)17-13(12(19-4)8-16-17)14(18)11-5-6-15-10(3)7-11/h5-9,14,18H,1-4H3. The summed E-state index contributed by atoms with van der Waals surface area (Å²) in [7, 11) is 1.58. The van der Waals surface area contributed by atoms with Gasteiger partial charge in [-0.15, -0.1) is 0 Å². The number of nitrogens with zero attached hydrogens (tertiary/aromatic N) is 3. The van der Waals surface area contributed by atoms with Gasteiger partial charge in [0.1, 0.15) is 11.8 Å². The van der Waals surface area contributed by atoms with E-state index in [1.807, 2.05) is 26.8 Å². The van der Waals surface area contributed by atoms with Crippen molar-refractivity contribution in [3.05, 3.63) is 41.5 Å². The smallest absolute Gasteiger partial charge is 0.163 e. The van der Waals surface area contributed by atoms with Gasteiger partial charge in [-0.1, -0.05) is 0 Å². The van der Waals surface area contributed by atoms with E-state index in [9.17, 15) is 5.11 Å². The molecule has 5 nitrogen and oxygen atoms in total. The zero-order chi connectivity index (χ0) is 14.0. The van der Waals surface area contributed by atoms with Crippen molar-refractivity contribution in [2.75, 3.05) is 7.11 Å². The summed E-state index contributed by atoms with van der Waals surface area (Å²) < 4.78 is 7.07. The Kier molecular flexibility index (Phi) is 3.85. The fourth-order valence-corrected chi connectivity index (χ4v) is 2.08. The molecule has 1 unspecified atom stereocenters. The lowest BCUT2D eigenvalue weighted by atomic mass is 10.1. The maximum absolute atomic E-state index is 10.6. The first-order valence-corrected chi connectivity index (χ1v) is 6.26. The number of aryl methyl sites for hydroxylation is 1. The average molecular weight is 261 g/mol. The summed E-state index contributed by atoms with van der Waals surface area (Å²) in [6.07, 6.45) is 2.55. The molecule has 0 saturated carbocycles. The van der Waals surface area contributed by atoms with E-state index >= 15 is 0 Å². The van der Waals surface area contributed by atoms with Crippen LogP contribution in [0.1, 0.15) is 42.9 Å². The minimum absolute atomic E-state index is 0.150. The van der Waals surface area contributed by atoms with Gasteiger partial charge in [0.25, 0.3) is 0 Å². The van der Waals surface area contributed by atoms with Gasteiger partial charge in [-0.3, -0.25) is 9.67 Å². The summed E-state index contributed by atoms with van der Waals surface area (Å²) in [6.45, 7) is 5.92. The minimum Gasteiger partial charge on any atom is -0.493 e.